The molecular weight excluding hydrogens is 254 g/mol. The number of benzene rings is 1. The third kappa shape index (κ3) is 1.77. The average Bonchev–Trinajstić information content (AvgIpc) is 3.19. The van der Waals surface area contributed by atoms with Gasteiger partial charge in [-0.3, -0.25) is 9.10 Å². The summed E-state index contributed by atoms with van der Waals surface area (Å²) in [5.41, 5.74) is 0.535. The first-order valence-electron chi connectivity index (χ1n) is 5.58. The monoisotopic (exact) mass is 269 g/mol. The Kier molecular flexibility index (Phi) is 3.06. The Bertz CT molecular complexity index is 549. The van der Waals surface area contributed by atoms with Crippen LogP contribution in [0.25, 0.3) is 0 Å². The molecule has 0 radical (unpaired) electrons. The lowest BCUT2D eigenvalue weighted by molar-refractivity contribution is -0.140. The van der Waals surface area contributed by atoms with Crippen molar-refractivity contribution in [3.05, 3.63) is 30.3 Å². The van der Waals surface area contributed by atoms with E-state index in [0.717, 1.165) is 4.31 Å². The van der Waals surface area contributed by atoms with Crippen LogP contribution in [0.15, 0.2) is 30.3 Å². The summed E-state index contributed by atoms with van der Waals surface area (Å²) in [5, 5.41) is 0. The molecule has 1 fully saturated rings. The summed E-state index contributed by atoms with van der Waals surface area (Å²) in [7, 11) is -1.07. The lowest BCUT2D eigenvalue weighted by Gasteiger charge is -2.24. The van der Waals surface area contributed by atoms with E-state index in [1.165, 1.54) is 14.2 Å². The molecule has 0 unspecified atom stereocenters. The highest BCUT2D eigenvalue weighted by molar-refractivity contribution is 7.95. The maximum atomic E-state index is 12.4. The Morgan fingerprint density at radius 2 is 1.83 bits per heavy atom. The Morgan fingerprint density at radius 1 is 1.28 bits per heavy atom. The zero-order valence-electron chi connectivity index (χ0n) is 10.3. The highest BCUT2D eigenvalue weighted by Gasteiger charge is 2.63. The quantitative estimate of drug-likeness (QED) is 0.769. The van der Waals surface area contributed by atoms with E-state index < -0.39 is 20.7 Å². The number of sulfonamides is 1. The molecule has 0 spiro atoms. The molecule has 1 saturated carbocycles. The van der Waals surface area contributed by atoms with Crippen molar-refractivity contribution in [1.82, 2.24) is 0 Å². The Balaban J connectivity index is 2.36. The topological polar surface area (TPSA) is 63.7 Å². The van der Waals surface area contributed by atoms with Gasteiger partial charge in [-0.1, -0.05) is 18.2 Å². The van der Waals surface area contributed by atoms with Crippen molar-refractivity contribution in [3.8, 4) is 0 Å². The van der Waals surface area contributed by atoms with Gasteiger partial charge in [0.15, 0.2) is 4.75 Å². The minimum absolute atomic E-state index is 0.319. The van der Waals surface area contributed by atoms with E-state index in [1.54, 1.807) is 30.3 Å². The lowest BCUT2D eigenvalue weighted by atomic mass is 10.3. The second-order valence-corrected chi connectivity index (χ2v) is 6.57. The molecule has 6 heteroatoms. The number of carbonyl (C=O) groups excluding carboxylic acids is 1. The molecule has 0 atom stereocenters. The first-order chi connectivity index (χ1) is 8.45. The van der Waals surface area contributed by atoms with Gasteiger partial charge in [-0.05, 0) is 25.0 Å². The predicted molar refractivity (Wildman–Crippen MR) is 67.7 cm³/mol. The number of hydrogen-bond acceptors (Lipinski definition) is 4. The molecule has 1 aromatic rings. The highest BCUT2D eigenvalue weighted by Crippen LogP contribution is 2.46. The fourth-order valence-corrected chi connectivity index (χ4v) is 3.74. The number of hydrogen-bond donors (Lipinski definition) is 0. The molecule has 1 aliphatic rings. The van der Waals surface area contributed by atoms with Gasteiger partial charge in [-0.2, -0.15) is 0 Å². The summed E-state index contributed by atoms with van der Waals surface area (Å²) in [6, 6.07) is 8.67. The molecule has 98 valence electrons. The second-order valence-electron chi connectivity index (χ2n) is 4.29. The number of rotatable bonds is 4. The summed E-state index contributed by atoms with van der Waals surface area (Å²) in [4.78, 5) is 11.7. The molecule has 0 N–H and O–H groups in total. The van der Waals surface area contributed by atoms with Gasteiger partial charge in [0.1, 0.15) is 0 Å². The van der Waals surface area contributed by atoms with Gasteiger partial charge in [0.2, 0.25) is 0 Å². The highest BCUT2D eigenvalue weighted by atomic mass is 32.2. The average molecular weight is 269 g/mol. The number of nitrogens with zero attached hydrogens (tertiary/aromatic N) is 1. The maximum absolute atomic E-state index is 12.4. The summed E-state index contributed by atoms with van der Waals surface area (Å²) < 4.78 is 29.3. The molecule has 0 amide bonds. The molecule has 1 aliphatic carbocycles. The van der Waals surface area contributed by atoms with Crippen molar-refractivity contribution >= 4 is 21.7 Å². The standard InChI is InChI=1S/C12H15NO4S/c1-13(10-6-4-3-5-7-10)18(15,16)12(8-9-12)11(14)17-2/h3-7H,8-9H2,1-2H3. The number of ether oxygens (including phenoxy) is 1. The van der Waals surface area contributed by atoms with Crippen molar-refractivity contribution in [2.45, 2.75) is 17.6 Å². The van der Waals surface area contributed by atoms with Gasteiger partial charge in [0.25, 0.3) is 10.0 Å². The number of anilines is 1. The maximum Gasteiger partial charge on any atom is 0.329 e. The molecule has 0 saturated heterocycles. The molecule has 5 nitrogen and oxygen atoms in total. The van der Waals surface area contributed by atoms with Crippen LogP contribution < -0.4 is 4.31 Å². The summed E-state index contributed by atoms with van der Waals surface area (Å²) >= 11 is 0. The molecule has 0 aromatic heterocycles. The first-order valence-corrected chi connectivity index (χ1v) is 7.02. The van der Waals surface area contributed by atoms with E-state index >= 15 is 0 Å². The fourth-order valence-electron chi connectivity index (χ4n) is 1.91. The van der Waals surface area contributed by atoms with Crippen molar-refractivity contribution in [2.24, 2.45) is 0 Å². The van der Waals surface area contributed by atoms with Gasteiger partial charge in [-0.15, -0.1) is 0 Å². The molecule has 1 aromatic carbocycles. The molecule has 18 heavy (non-hydrogen) atoms. The van der Waals surface area contributed by atoms with Crippen LogP contribution in [0.5, 0.6) is 0 Å². The van der Waals surface area contributed by atoms with Crippen LogP contribution in [0.4, 0.5) is 5.69 Å². The van der Waals surface area contributed by atoms with Crippen LogP contribution in [0.2, 0.25) is 0 Å². The number of para-hydroxylation sites is 1. The van der Waals surface area contributed by atoms with E-state index in [4.69, 9.17) is 0 Å². The van der Waals surface area contributed by atoms with E-state index in [-0.39, 0.29) is 0 Å². The molecule has 2 rings (SSSR count). The van der Waals surface area contributed by atoms with E-state index in [0.29, 0.717) is 18.5 Å². The summed E-state index contributed by atoms with van der Waals surface area (Å²) in [6.07, 6.45) is 0.637. The SMILES string of the molecule is COC(=O)C1(S(=O)(=O)N(C)c2ccccc2)CC1. The van der Waals surface area contributed by atoms with Crippen LogP contribution in [0.1, 0.15) is 12.8 Å². The second kappa shape index (κ2) is 4.28. The van der Waals surface area contributed by atoms with Gasteiger partial charge in [0, 0.05) is 7.05 Å². The Morgan fingerprint density at radius 3 is 2.28 bits per heavy atom. The molecule has 0 aliphatic heterocycles. The minimum Gasteiger partial charge on any atom is -0.468 e. The van der Waals surface area contributed by atoms with E-state index in [1.807, 2.05) is 0 Å². The lowest BCUT2D eigenvalue weighted by Crippen LogP contribution is -2.43. The Labute approximate surface area is 106 Å². The predicted octanol–water partition coefficient (Wildman–Crippen LogP) is 1.16. The van der Waals surface area contributed by atoms with Crippen LogP contribution in [0.3, 0.4) is 0 Å². The summed E-state index contributed by atoms with van der Waals surface area (Å²) in [6.45, 7) is 0. The van der Waals surface area contributed by atoms with E-state index in [9.17, 15) is 13.2 Å². The first kappa shape index (κ1) is 12.9. The number of methoxy groups -OCH3 is 1. The van der Waals surface area contributed by atoms with Crippen LogP contribution >= 0.6 is 0 Å². The van der Waals surface area contributed by atoms with Crippen LogP contribution in [0, 0.1) is 0 Å². The third-order valence-electron chi connectivity index (χ3n) is 3.24. The van der Waals surface area contributed by atoms with Crippen LogP contribution in [-0.2, 0) is 19.6 Å². The van der Waals surface area contributed by atoms with E-state index in [2.05, 4.69) is 4.74 Å². The van der Waals surface area contributed by atoms with Gasteiger partial charge >= 0.3 is 5.97 Å². The zero-order chi connectivity index (χ0) is 13.4. The molecule has 0 bridgehead atoms. The summed E-state index contributed by atoms with van der Waals surface area (Å²) in [5.74, 6) is -0.676. The van der Waals surface area contributed by atoms with Gasteiger partial charge < -0.3 is 4.74 Å². The molecule has 0 heterocycles. The van der Waals surface area contributed by atoms with Crippen molar-refractivity contribution in [2.75, 3.05) is 18.5 Å². The minimum atomic E-state index is -3.73. The largest absolute Gasteiger partial charge is 0.468 e. The van der Waals surface area contributed by atoms with Crippen molar-refractivity contribution < 1.29 is 17.9 Å². The third-order valence-corrected chi connectivity index (χ3v) is 5.73. The van der Waals surface area contributed by atoms with Crippen molar-refractivity contribution in [3.63, 3.8) is 0 Å². The molecular formula is C12H15NO4S. The normalized spacial score (nSPS) is 17.0. The Hall–Kier alpha value is -1.56. The zero-order valence-corrected chi connectivity index (χ0v) is 11.1. The van der Waals surface area contributed by atoms with Gasteiger partial charge in [-0.25, -0.2) is 8.42 Å². The smallest absolute Gasteiger partial charge is 0.329 e. The van der Waals surface area contributed by atoms with Gasteiger partial charge in [0.05, 0.1) is 12.8 Å². The van der Waals surface area contributed by atoms with Crippen LogP contribution in [-0.4, -0.2) is 33.3 Å². The van der Waals surface area contributed by atoms with Crippen molar-refractivity contribution in [1.29, 1.82) is 0 Å². The number of carbonyl (C=O) groups is 1. The fraction of sp³-hybridized carbons (Fsp3) is 0.417. The number of esters is 1.